The van der Waals surface area contributed by atoms with E-state index in [1.54, 1.807) is 4.90 Å². The molecule has 0 radical (unpaired) electrons. The zero-order valence-electron chi connectivity index (χ0n) is 11.4. The molecule has 1 aliphatic heterocycles. The molecule has 1 heterocycles. The Morgan fingerprint density at radius 2 is 2.05 bits per heavy atom. The average molecular weight is 264 g/mol. The summed E-state index contributed by atoms with van der Waals surface area (Å²) in [6.07, 6.45) is 0. The van der Waals surface area contributed by atoms with Crippen LogP contribution in [0.25, 0.3) is 0 Å². The summed E-state index contributed by atoms with van der Waals surface area (Å²) < 4.78 is 11.1. The smallest absolute Gasteiger partial charge is 0.241 e. The second kappa shape index (κ2) is 6.43. The second-order valence-electron chi connectivity index (χ2n) is 4.22. The molecule has 0 spiro atoms. The van der Waals surface area contributed by atoms with Crippen LogP contribution in [-0.4, -0.2) is 38.8 Å². The van der Waals surface area contributed by atoms with Crippen LogP contribution in [0, 0.1) is 0 Å². The number of hydrogen-bond acceptors (Lipinski definition) is 4. The highest BCUT2D eigenvalue weighted by Gasteiger charge is 2.22. The lowest BCUT2D eigenvalue weighted by Crippen LogP contribution is -2.48. The minimum absolute atomic E-state index is 0.0563. The first kappa shape index (κ1) is 13.7. The Balaban J connectivity index is 2.32. The van der Waals surface area contributed by atoms with Gasteiger partial charge in [-0.05, 0) is 26.0 Å². The van der Waals surface area contributed by atoms with Crippen LogP contribution >= 0.6 is 0 Å². The van der Waals surface area contributed by atoms with Gasteiger partial charge in [0.15, 0.2) is 0 Å². The first-order valence-corrected chi connectivity index (χ1v) is 6.67. The number of hydrogen-bond donors (Lipinski definition) is 1. The number of piperazine rings is 1. The van der Waals surface area contributed by atoms with Crippen LogP contribution in [0.1, 0.15) is 13.8 Å². The fourth-order valence-corrected chi connectivity index (χ4v) is 2.10. The van der Waals surface area contributed by atoms with E-state index in [-0.39, 0.29) is 5.91 Å². The summed E-state index contributed by atoms with van der Waals surface area (Å²) in [6.45, 7) is 6.84. The van der Waals surface area contributed by atoms with Gasteiger partial charge in [-0.3, -0.25) is 4.79 Å². The number of nitrogens with one attached hydrogen (secondary N) is 1. The van der Waals surface area contributed by atoms with Crippen molar-refractivity contribution in [2.45, 2.75) is 13.8 Å². The van der Waals surface area contributed by atoms with Crippen molar-refractivity contribution in [2.24, 2.45) is 0 Å². The van der Waals surface area contributed by atoms with Gasteiger partial charge >= 0.3 is 0 Å². The van der Waals surface area contributed by atoms with Gasteiger partial charge in [-0.15, -0.1) is 0 Å². The topological polar surface area (TPSA) is 50.8 Å². The third kappa shape index (κ3) is 3.17. The normalized spacial score (nSPS) is 15.5. The van der Waals surface area contributed by atoms with Gasteiger partial charge in [0.2, 0.25) is 5.91 Å². The minimum atomic E-state index is 0.0563. The molecule has 1 aromatic rings. The summed E-state index contributed by atoms with van der Waals surface area (Å²) in [5.41, 5.74) is 0.791. The van der Waals surface area contributed by atoms with Gasteiger partial charge < -0.3 is 19.7 Å². The van der Waals surface area contributed by atoms with Crippen LogP contribution in [0.4, 0.5) is 5.69 Å². The molecular weight excluding hydrogens is 244 g/mol. The van der Waals surface area contributed by atoms with Crippen molar-refractivity contribution in [3.05, 3.63) is 18.2 Å². The fourth-order valence-electron chi connectivity index (χ4n) is 2.10. The zero-order valence-corrected chi connectivity index (χ0v) is 11.4. The number of carbonyl (C=O) groups excluding carboxylic acids is 1. The predicted molar refractivity (Wildman–Crippen MR) is 74.0 cm³/mol. The third-order valence-electron chi connectivity index (χ3n) is 2.92. The van der Waals surface area contributed by atoms with E-state index in [0.717, 1.165) is 23.7 Å². The SMILES string of the molecule is CCOc1ccc(OCC)c(N2CCNCC2=O)c1. The first-order chi connectivity index (χ1) is 9.26. The van der Waals surface area contributed by atoms with Crippen molar-refractivity contribution in [3.8, 4) is 11.5 Å². The van der Waals surface area contributed by atoms with E-state index >= 15 is 0 Å². The van der Waals surface area contributed by atoms with Crippen LogP contribution in [0.3, 0.4) is 0 Å². The summed E-state index contributed by atoms with van der Waals surface area (Å²) in [6, 6.07) is 5.60. The van der Waals surface area contributed by atoms with E-state index in [2.05, 4.69) is 5.32 Å². The maximum atomic E-state index is 12.0. The number of benzene rings is 1. The highest BCUT2D eigenvalue weighted by molar-refractivity contribution is 5.97. The standard InChI is InChI=1S/C14H20N2O3/c1-3-18-11-5-6-13(19-4-2)12(9-11)16-8-7-15-10-14(16)17/h5-6,9,15H,3-4,7-8,10H2,1-2H3. The molecule has 2 rings (SSSR count). The predicted octanol–water partition coefficient (Wildman–Crippen LogP) is 1.42. The van der Waals surface area contributed by atoms with Gasteiger partial charge in [0.25, 0.3) is 0 Å². The molecule has 0 saturated carbocycles. The van der Waals surface area contributed by atoms with Crippen molar-refractivity contribution >= 4 is 11.6 Å². The Labute approximate surface area is 113 Å². The summed E-state index contributed by atoms with van der Waals surface area (Å²) in [5.74, 6) is 1.54. The van der Waals surface area contributed by atoms with Crippen molar-refractivity contribution in [3.63, 3.8) is 0 Å². The molecule has 1 fully saturated rings. The highest BCUT2D eigenvalue weighted by atomic mass is 16.5. The molecule has 0 unspecified atom stereocenters. The quantitative estimate of drug-likeness (QED) is 0.874. The van der Waals surface area contributed by atoms with E-state index < -0.39 is 0 Å². The molecule has 1 N–H and O–H groups in total. The minimum Gasteiger partial charge on any atom is -0.494 e. The molecule has 1 saturated heterocycles. The van der Waals surface area contributed by atoms with Crippen molar-refractivity contribution in [1.82, 2.24) is 5.32 Å². The molecule has 0 aliphatic carbocycles. The molecule has 5 heteroatoms. The number of ether oxygens (including phenoxy) is 2. The van der Waals surface area contributed by atoms with E-state index in [1.165, 1.54) is 0 Å². The van der Waals surface area contributed by atoms with Crippen molar-refractivity contribution in [2.75, 3.05) is 37.7 Å². The molecule has 19 heavy (non-hydrogen) atoms. The number of anilines is 1. The van der Waals surface area contributed by atoms with Gasteiger partial charge in [-0.2, -0.15) is 0 Å². The lowest BCUT2D eigenvalue weighted by Gasteiger charge is -2.29. The molecule has 0 aromatic heterocycles. The largest absolute Gasteiger partial charge is 0.494 e. The summed E-state index contributed by atoms with van der Waals surface area (Å²) in [5, 5.41) is 3.06. The van der Waals surface area contributed by atoms with Crippen LogP contribution in [0.2, 0.25) is 0 Å². The number of nitrogens with zero attached hydrogens (tertiary/aromatic N) is 1. The van der Waals surface area contributed by atoms with Crippen LogP contribution < -0.4 is 19.7 Å². The molecule has 1 aromatic carbocycles. The van der Waals surface area contributed by atoms with Crippen LogP contribution in [0.5, 0.6) is 11.5 Å². The molecule has 1 aliphatic rings. The van der Waals surface area contributed by atoms with E-state index in [0.29, 0.717) is 26.3 Å². The van der Waals surface area contributed by atoms with Gasteiger partial charge in [0.1, 0.15) is 11.5 Å². The Hall–Kier alpha value is -1.75. The van der Waals surface area contributed by atoms with E-state index in [9.17, 15) is 4.79 Å². The zero-order chi connectivity index (χ0) is 13.7. The molecule has 104 valence electrons. The summed E-state index contributed by atoms with van der Waals surface area (Å²) >= 11 is 0. The maximum absolute atomic E-state index is 12.0. The monoisotopic (exact) mass is 264 g/mol. The van der Waals surface area contributed by atoms with Crippen molar-refractivity contribution in [1.29, 1.82) is 0 Å². The first-order valence-electron chi connectivity index (χ1n) is 6.67. The van der Waals surface area contributed by atoms with Crippen LogP contribution in [0.15, 0.2) is 18.2 Å². The highest BCUT2D eigenvalue weighted by Crippen LogP contribution is 2.33. The number of amides is 1. The average Bonchev–Trinajstić information content (AvgIpc) is 2.42. The van der Waals surface area contributed by atoms with Gasteiger partial charge in [0.05, 0.1) is 25.4 Å². The van der Waals surface area contributed by atoms with Gasteiger partial charge in [0, 0.05) is 19.2 Å². The molecule has 5 nitrogen and oxygen atoms in total. The van der Waals surface area contributed by atoms with E-state index in [4.69, 9.17) is 9.47 Å². The second-order valence-corrected chi connectivity index (χ2v) is 4.22. The lowest BCUT2D eigenvalue weighted by molar-refractivity contribution is -0.118. The van der Waals surface area contributed by atoms with E-state index in [1.807, 2.05) is 32.0 Å². The Morgan fingerprint density at radius 1 is 1.26 bits per heavy atom. The molecule has 0 bridgehead atoms. The Bertz CT molecular complexity index is 448. The van der Waals surface area contributed by atoms with Crippen molar-refractivity contribution < 1.29 is 14.3 Å². The van der Waals surface area contributed by atoms with Gasteiger partial charge in [-0.25, -0.2) is 0 Å². The lowest BCUT2D eigenvalue weighted by atomic mass is 10.2. The molecular formula is C14H20N2O3. The fraction of sp³-hybridized carbons (Fsp3) is 0.500. The summed E-state index contributed by atoms with van der Waals surface area (Å²) in [4.78, 5) is 13.7. The third-order valence-corrected chi connectivity index (χ3v) is 2.92. The summed E-state index contributed by atoms with van der Waals surface area (Å²) in [7, 11) is 0. The molecule has 1 amide bonds. The maximum Gasteiger partial charge on any atom is 0.241 e. The Kier molecular flexibility index (Phi) is 4.63. The number of rotatable bonds is 5. The Morgan fingerprint density at radius 3 is 2.74 bits per heavy atom. The molecule has 0 atom stereocenters. The van der Waals surface area contributed by atoms with Crippen LogP contribution in [-0.2, 0) is 4.79 Å². The van der Waals surface area contributed by atoms with Gasteiger partial charge in [-0.1, -0.05) is 0 Å². The number of carbonyl (C=O) groups is 1.